The number of hydrogen-bond donors (Lipinski definition) is 2. The SMILES string of the molecule is COC(=O)CC1(CSc2cc(C)c(N)c(C(=O)O)c2)CC1. The number of rotatable bonds is 6. The number of carbonyl (C=O) groups excluding carboxylic acids is 1. The Morgan fingerprint density at radius 3 is 2.62 bits per heavy atom. The number of aryl methyl sites for hydroxylation is 1. The van der Waals surface area contributed by atoms with Crippen LogP contribution in [0.3, 0.4) is 0 Å². The lowest BCUT2D eigenvalue weighted by Gasteiger charge is -2.14. The molecule has 2 rings (SSSR count). The van der Waals surface area contributed by atoms with Gasteiger partial charge in [0.25, 0.3) is 0 Å². The summed E-state index contributed by atoms with van der Waals surface area (Å²) < 4.78 is 4.72. The van der Waals surface area contributed by atoms with Gasteiger partial charge in [-0.2, -0.15) is 0 Å². The van der Waals surface area contributed by atoms with E-state index in [4.69, 9.17) is 15.6 Å². The molecule has 0 spiro atoms. The van der Waals surface area contributed by atoms with Crippen LogP contribution in [0.4, 0.5) is 5.69 Å². The molecular weight excluding hydrogens is 290 g/mol. The number of carbonyl (C=O) groups is 2. The number of benzene rings is 1. The molecule has 0 radical (unpaired) electrons. The molecule has 6 heteroatoms. The lowest BCUT2D eigenvalue weighted by molar-refractivity contribution is -0.141. The van der Waals surface area contributed by atoms with Crippen molar-refractivity contribution in [2.75, 3.05) is 18.6 Å². The van der Waals surface area contributed by atoms with E-state index in [2.05, 4.69) is 0 Å². The maximum absolute atomic E-state index is 11.4. The highest BCUT2D eigenvalue weighted by atomic mass is 32.2. The van der Waals surface area contributed by atoms with Crippen LogP contribution in [0, 0.1) is 12.3 Å². The summed E-state index contributed by atoms with van der Waals surface area (Å²) in [6, 6.07) is 3.49. The molecule has 0 amide bonds. The van der Waals surface area contributed by atoms with Crippen LogP contribution in [-0.2, 0) is 9.53 Å². The van der Waals surface area contributed by atoms with Crippen molar-refractivity contribution in [1.29, 1.82) is 0 Å². The highest BCUT2D eigenvalue weighted by Gasteiger charge is 2.44. The Balaban J connectivity index is 2.07. The van der Waals surface area contributed by atoms with E-state index in [0.717, 1.165) is 29.1 Å². The van der Waals surface area contributed by atoms with Crippen LogP contribution in [0.15, 0.2) is 17.0 Å². The molecule has 0 aromatic heterocycles. The van der Waals surface area contributed by atoms with E-state index < -0.39 is 5.97 Å². The Morgan fingerprint density at radius 1 is 1.43 bits per heavy atom. The van der Waals surface area contributed by atoms with Crippen LogP contribution in [-0.4, -0.2) is 29.9 Å². The molecule has 1 fully saturated rings. The minimum atomic E-state index is -1.02. The first-order valence-electron chi connectivity index (χ1n) is 6.70. The van der Waals surface area contributed by atoms with Crippen molar-refractivity contribution in [3.05, 3.63) is 23.3 Å². The quantitative estimate of drug-likeness (QED) is 0.477. The third kappa shape index (κ3) is 3.69. The van der Waals surface area contributed by atoms with Gasteiger partial charge in [0.2, 0.25) is 0 Å². The molecule has 1 aliphatic carbocycles. The molecule has 0 atom stereocenters. The number of aromatic carboxylic acids is 1. The number of esters is 1. The average molecular weight is 309 g/mol. The van der Waals surface area contributed by atoms with Crippen molar-refractivity contribution in [1.82, 2.24) is 0 Å². The molecule has 0 unspecified atom stereocenters. The normalized spacial score (nSPS) is 15.5. The Morgan fingerprint density at radius 2 is 2.10 bits per heavy atom. The van der Waals surface area contributed by atoms with E-state index >= 15 is 0 Å². The van der Waals surface area contributed by atoms with E-state index in [-0.39, 0.29) is 16.9 Å². The monoisotopic (exact) mass is 309 g/mol. The first-order chi connectivity index (χ1) is 9.87. The lowest BCUT2D eigenvalue weighted by atomic mass is 10.1. The minimum Gasteiger partial charge on any atom is -0.478 e. The van der Waals surface area contributed by atoms with Gasteiger partial charge in [-0.3, -0.25) is 4.79 Å². The van der Waals surface area contributed by atoms with Crippen molar-refractivity contribution in [2.45, 2.75) is 31.1 Å². The summed E-state index contributed by atoms with van der Waals surface area (Å²) in [5, 5.41) is 9.16. The zero-order valence-corrected chi connectivity index (χ0v) is 13.0. The summed E-state index contributed by atoms with van der Waals surface area (Å²) in [5.41, 5.74) is 6.99. The summed E-state index contributed by atoms with van der Waals surface area (Å²) in [7, 11) is 1.40. The lowest BCUT2D eigenvalue weighted by Crippen LogP contribution is -2.13. The van der Waals surface area contributed by atoms with E-state index in [1.54, 1.807) is 24.8 Å². The van der Waals surface area contributed by atoms with Crippen LogP contribution < -0.4 is 5.73 Å². The van der Waals surface area contributed by atoms with Crippen LogP contribution in [0.1, 0.15) is 35.2 Å². The van der Waals surface area contributed by atoms with E-state index in [1.807, 2.05) is 6.07 Å². The van der Waals surface area contributed by atoms with Gasteiger partial charge in [0.15, 0.2) is 0 Å². The number of carboxylic acids is 1. The van der Waals surface area contributed by atoms with Crippen molar-refractivity contribution in [3.8, 4) is 0 Å². The van der Waals surface area contributed by atoms with Gasteiger partial charge in [0.1, 0.15) is 0 Å². The zero-order valence-electron chi connectivity index (χ0n) is 12.1. The van der Waals surface area contributed by atoms with Crippen molar-refractivity contribution in [3.63, 3.8) is 0 Å². The first-order valence-corrected chi connectivity index (χ1v) is 7.68. The fraction of sp³-hybridized carbons (Fsp3) is 0.467. The maximum Gasteiger partial charge on any atom is 0.337 e. The molecule has 5 nitrogen and oxygen atoms in total. The summed E-state index contributed by atoms with van der Waals surface area (Å²) in [4.78, 5) is 23.4. The third-order valence-electron chi connectivity index (χ3n) is 3.84. The number of thioether (sulfide) groups is 1. The highest BCUT2D eigenvalue weighted by Crippen LogP contribution is 2.52. The smallest absolute Gasteiger partial charge is 0.337 e. The van der Waals surface area contributed by atoms with Crippen LogP contribution in [0.25, 0.3) is 0 Å². The second-order valence-corrected chi connectivity index (χ2v) is 6.60. The number of anilines is 1. The molecule has 0 aliphatic heterocycles. The molecule has 0 heterocycles. The van der Waals surface area contributed by atoms with Crippen molar-refractivity contribution >= 4 is 29.4 Å². The molecule has 0 saturated heterocycles. The zero-order chi connectivity index (χ0) is 15.6. The Kier molecular flexibility index (Phi) is 4.46. The van der Waals surface area contributed by atoms with Crippen molar-refractivity contribution in [2.24, 2.45) is 5.41 Å². The predicted octanol–water partition coefficient (Wildman–Crippen LogP) is 2.71. The highest BCUT2D eigenvalue weighted by molar-refractivity contribution is 7.99. The van der Waals surface area contributed by atoms with Gasteiger partial charge in [0, 0.05) is 16.3 Å². The van der Waals surface area contributed by atoms with Gasteiger partial charge in [-0.25, -0.2) is 4.79 Å². The second-order valence-electron chi connectivity index (χ2n) is 5.55. The molecule has 1 saturated carbocycles. The number of nitrogens with two attached hydrogens (primary N) is 1. The first kappa shape index (κ1) is 15.7. The van der Waals surface area contributed by atoms with E-state index in [9.17, 15) is 9.59 Å². The molecule has 114 valence electrons. The molecule has 1 aliphatic rings. The largest absolute Gasteiger partial charge is 0.478 e. The van der Waals surface area contributed by atoms with Gasteiger partial charge in [-0.05, 0) is 42.9 Å². The average Bonchev–Trinajstić information content (AvgIpc) is 3.19. The molecule has 3 N–H and O–H groups in total. The molecule has 21 heavy (non-hydrogen) atoms. The van der Waals surface area contributed by atoms with Gasteiger partial charge in [-0.15, -0.1) is 11.8 Å². The van der Waals surface area contributed by atoms with Gasteiger partial charge >= 0.3 is 11.9 Å². The fourth-order valence-corrected chi connectivity index (χ4v) is 3.51. The van der Waals surface area contributed by atoms with Gasteiger partial charge in [0.05, 0.1) is 19.1 Å². The number of carboxylic acid groups (broad SMARTS) is 1. The topological polar surface area (TPSA) is 89.6 Å². The van der Waals surface area contributed by atoms with E-state index in [1.165, 1.54) is 7.11 Å². The Hall–Kier alpha value is -1.69. The van der Waals surface area contributed by atoms with Crippen LogP contribution in [0.2, 0.25) is 0 Å². The summed E-state index contributed by atoms with van der Waals surface area (Å²) in [6.45, 7) is 1.80. The number of hydrogen-bond acceptors (Lipinski definition) is 5. The molecule has 1 aromatic rings. The Bertz CT molecular complexity index is 581. The molecular formula is C15H19NO4S. The second kappa shape index (κ2) is 5.97. The van der Waals surface area contributed by atoms with Crippen molar-refractivity contribution < 1.29 is 19.4 Å². The number of nitrogen functional groups attached to an aromatic ring is 1. The minimum absolute atomic E-state index is 0.0104. The van der Waals surface area contributed by atoms with Crippen LogP contribution >= 0.6 is 11.8 Å². The summed E-state index contributed by atoms with van der Waals surface area (Å²) >= 11 is 1.57. The van der Waals surface area contributed by atoms with Crippen LogP contribution in [0.5, 0.6) is 0 Å². The molecule has 0 bridgehead atoms. The van der Waals surface area contributed by atoms with Gasteiger partial charge < -0.3 is 15.6 Å². The standard InChI is InChI=1S/C15H19NO4S/c1-9-5-10(6-11(13(9)16)14(18)19)21-8-15(3-4-15)7-12(17)20-2/h5-6H,3-4,7-8,16H2,1-2H3,(H,18,19). The fourth-order valence-electron chi connectivity index (χ4n) is 2.19. The Labute approximate surface area is 127 Å². The maximum atomic E-state index is 11.4. The number of methoxy groups -OCH3 is 1. The number of ether oxygens (including phenoxy) is 1. The predicted molar refractivity (Wildman–Crippen MR) is 81.6 cm³/mol. The summed E-state index contributed by atoms with van der Waals surface area (Å²) in [5.74, 6) is -0.425. The van der Waals surface area contributed by atoms with Gasteiger partial charge in [-0.1, -0.05) is 0 Å². The van der Waals surface area contributed by atoms with E-state index in [0.29, 0.717) is 12.1 Å². The molecule has 1 aromatic carbocycles. The summed E-state index contributed by atoms with van der Waals surface area (Å²) in [6.07, 6.45) is 2.44. The third-order valence-corrected chi connectivity index (χ3v) is 5.17.